The Labute approximate surface area is 149 Å². The van der Waals surface area contributed by atoms with E-state index in [4.69, 9.17) is 4.65 Å². The Morgan fingerprint density at radius 3 is 2.15 bits per heavy atom. The van der Waals surface area contributed by atoms with Crippen molar-refractivity contribution in [2.45, 2.75) is 25.4 Å². The average molecular weight is 388 g/mol. The van der Waals surface area contributed by atoms with Crippen LogP contribution in [-0.4, -0.2) is 17.9 Å². The molecule has 0 unspecified atom stereocenters. The molecule has 1 N–H and O–H groups in total. The molecule has 27 heavy (non-hydrogen) atoms. The van der Waals surface area contributed by atoms with E-state index in [0.717, 1.165) is 0 Å². The van der Waals surface area contributed by atoms with E-state index in [2.05, 4.69) is 0 Å². The number of alkyl halides is 6. The van der Waals surface area contributed by atoms with Gasteiger partial charge in [-0.15, -0.1) is 0 Å². The molecule has 0 fully saturated rings. The van der Waals surface area contributed by atoms with Gasteiger partial charge in [-0.2, -0.15) is 26.3 Å². The van der Waals surface area contributed by atoms with E-state index in [1.54, 1.807) is 6.07 Å². The summed E-state index contributed by atoms with van der Waals surface area (Å²) in [5, 5.41) is 9.65. The van der Waals surface area contributed by atoms with Crippen LogP contribution in [0, 0.1) is 0 Å². The Hall–Kier alpha value is -2.33. The van der Waals surface area contributed by atoms with Crippen molar-refractivity contribution < 1.29 is 40.8 Å². The number of benzene rings is 2. The van der Waals surface area contributed by atoms with E-state index in [0.29, 0.717) is 28.7 Å². The lowest BCUT2D eigenvalue weighted by Gasteiger charge is -2.14. The minimum atomic E-state index is -5.02. The number of Topliss-reactive ketones (excluding diaryl/α,β-unsaturated/α-hetero) is 1. The lowest BCUT2D eigenvalue weighted by molar-refractivity contribution is -0.143. The smallest absolute Gasteiger partial charge is 0.423 e. The molecule has 10 heteroatoms. The highest BCUT2D eigenvalue weighted by atomic mass is 19.4. The first-order valence-electron chi connectivity index (χ1n) is 7.69. The van der Waals surface area contributed by atoms with Crippen molar-refractivity contribution in [3.63, 3.8) is 0 Å². The molecule has 0 aliphatic carbocycles. The van der Waals surface area contributed by atoms with E-state index >= 15 is 0 Å². The molecule has 0 atom stereocenters. The second-order valence-electron chi connectivity index (χ2n) is 6.09. The fraction of sp³-hybridized carbons (Fsp3) is 0.235. The highest BCUT2D eigenvalue weighted by Gasteiger charge is 2.37. The first-order valence-corrected chi connectivity index (χ1v) is 7.69. The summed E-state index contributed by atoms with van der Waals surface area (Å²) in [7, 11) is -1.18. The lowest BCUT2D eigenvalue weighted by Crippen LogP contribution is -2.28. The number of hydrogen-bond acceptors (Lipinski definition) is 3. The highest BCUT2D eigenvalue weighted by molar-refractivity contribution is 6.61. The van der Waals surface area contributed by atoms with Gasteiger partial charge in [-0.3, -0.25) is 4.79 Å². The molecule has 2 aromatic carbocycles. The molecule has 3 nitrogen and oxygen atoms in total. The molecule has 0 spiro atoms. The van der Waals surface area contributed by atoms with Crippen molar-refractivity contribution >= 4 is 18.4 Å². The topological polar surface area (TPSA) is 46.5 Å². The van der Waals surface area contributed by atoms with E-state index in [9.17, 15) is 36.2 Å². The van der Waals surface area contributed by atoms with Gasteiger partial charge in [0.25, 0.3) is 0 Å². The van der Waals surface area contributed by atoms with Crippen LogP contribution in [0.15, 0.2) is 36.4 Å². The molecular weight excluding hydrogens is 377 g/mol. The summed E-state index contributed by atoms with van der Waals surface area (Å²) < 4.78 is 82.4. The maximum atomic E-state index is 12.9. The summed E-state index contributed by atoms with van der Waals surface area (Å²) in [5.41, 5.74) is -2.32. The third-order valence-electron chi connectivity index (χ3n) is 4.15. The summed E-state index contributed by atoms with van der Waals surface area (Å²) in [6, 6.07) is 5.33. The molecule has 3 rings (SSSR count). The number of carbonyl (C=O) groups is 1. The van der Waals surface area contributed by atoms with Gasteiger partial charge in [0.15, 0.2) is 5.78 Å². The third kappa shape index (κ3) is 4.17. The largest absolute Gasteiger partial charge is 0.491 e. The van der Waals surface area contributed by atoms with Crippen LogP contribution in [0.25, 0.3) is 0 Å². The van der Waals surface area contributed by atoms with Crippen molar-refractivity contribution in [2.24, 2.45) is 0 Å². The number of hydrogen-bond donors (Lipinski definition) is 1. The number of halogens is 6. The molecule has 1 aliphatic rings. The van der Waals surface area contributed by atoms with Gasteiger partial charge in [0, 0.05) is 12.0 Å². The maximum absolute atomic E-state index is 12.9. The van der Waals surface area contributed by atoms with Crippen LogP contribution in [0.2, 0.25) is 0 Å². The first kappa shape index (κ1) is 19.4. The molecule has 2 aromatic rings. The van der Waals surface area contributed by atoms with Crippen LogP contribution >= 0.6 is 0 Å². The molecule has 0 radical (unpaired) electrons. The second kappa shape index (κ2) is 6.68. The summed E-state index contributed by atoms with van der Waals surface area (Å²) in [6.07, 6.45) is -10.5. The first-order chi connectivity index (χ1) is 12.4. The standard InChI is InChI=1S/C17H11BF6O3/c19-16(20,21)12-5-11(6-13(7-12)17(22,23)24)15(25)4-9-1-2-10-8-27-18(26)14(10)3-9/h1-3,5-7,26H,4,8H2. The maximum Gasteiger partial charge on any atom is 0.491 e. The molecule has 0 bridgehead atoms. The summed E-state index contributed by atoms with van der Waals surface area (Å²) in [4.78, 5) is 12.3. The normalized spacial score (nSPS) is 14.4. The van der Waals surface area contributed by atoms with E-state index in [1.807, 2.05) is 0 Å². The summed E-state index contributed by atoms with van der Waals surface area (Å²) in [5.74, 6) is -0.903. The van der Waals surface area contributed by atoms with E-state index in [-0.39, 0.29) is 12.7 Å². The zero-order valence-electron chi connectivity index (χ0n) is 13.5. The van der Waals surface area contributed by atoms with Gasteiger partial charge in [0.1, 0.15) is 0 Å². The number of fused-ring (bicyclic) bond motifs is 1. The minimum Gasteiger partial charge on any atom is -0.423 e. The van der Waals surface area contributed by atoms with Gasteiger partial charge < -0.3 is 9.68 Å². The van der Waals surface area contributed by atoms with Gasteiger partial charge in [0.05, 0.1) is 17.7 Å². The molecule has 0 saturated carbocycles. The van der Waals surface area contributed by atoms with Crippen LogP contribution < -0.4 is 5.46 Å². The fourth-order valence-corrected chi connectivity index (χ4v) is 2.78. The summed E-state index contributed by atoms with van der Waals surface area (Å²) >= 11 is 0. The zero-order valence-corrected chi connectivity index (χ0v) is 13.5. The highest BCUT2D eigenvalue weighted by Crippen LogP contribution is 2.36. The van der Waals surface area contributed by atoms with Gasteiger partial charge in [-0.25, -0.2) is 0 Å². The average Bonchev–Trinajstić information content (AvgIpc) is 2.93. The molecular formula is C17H11BF6O3. The molecule has 1 aliphatic heterocycles. The minimum absolute atomic E-state index is 0.0279. The van der Waals surface area contributed by atoms with Gasteiger partial charge >= 0.3 is 19.5 Å². The SMILES string of the molecule is O=C(Cc1ccc2c(c1)B(O)OC2)c1cc(C(F)(F)F)cc(C(F)(F)F)c1. The van der Waals surface area contributed by atoms with E-state index in [1.165, 1.54) is 12.1 Å². The Balaban J connectivity index is 1.94. The zero-order chi connectivity index (χ0) is 20.0. The number of ketones is 1. The number of rotatable bonds is 3. The molecule has 0 saturated heterocycles. The predicted octanol–water partition coefficient (Wildman–Crippen LogP) is 3.37. The van der Waals surface area contributed by atoms with Crippen LogP contribution in [0.1, 0.15) is 32.6 Å². The van der Waals surface area contributed by atoms with Crippen LogP contribution in [0.5, 0.6) is 0 Å². The van der Waals surface area contributed by atoms with Crippen molar-refractivity contribution in [3.05, 3.63) is 64.2 Å². The van der Waals surface area contributed by atoms with Crippen molar-refractivity contribution in [3.8, 4) is 0 Å². The van der Waals surface area contributed by atoms with Crippen molar-refractivity contribution in [2.75, 3.05) is 0 Å². The van der Waals surface area contributed by atoms with Gasteiger partial charge in [-0.1, -0.05) is 18.2 Å². The molecule has 0 amide bonds. The van der Waals surface area contributed by atoms with Crippen LogP contribution in [0.3, 0.4) is 0 Å². The van der Waals surface area contributed by atoms with E-state index < -0.39 is 48.4 Å². The Morgan fingerprint density at radius 1 is 1.00 bits per heavy atom. The Kier molecular flexibility index (Phi) is 4.81. The monoisotopic (exact) mass is 388 g/mol. The predicted molar refractivity (Wildman–Crippen MR) is 83.3 cm³/mol. The van der Waals surface area contributed by atoms with Crippen molar-refractivity contribution in [1.29, 1.82) is 0 Å². The Bertz CT molecular complexity index is 859. The summed E-state index contributed by atoms with van der Waals surface area (Å²) in [6.45, 7) is 0.174. The second-order valence-corrected chi connectivity index (χ2v) is 6.09. The number of carbonyl (C=O) groups excluding carboxylic acids is 1. The Morgan fingerprint density at radius 2 is 1.59 bits per heavy atom. The van der Waals surface area contributed by atoms with Gasteiger partial charge in [-0.05, 0) is 34.8 Å². The molecule has 0 aromatic heterocycles. The third-order valence-corrected chi connectivity index (χ3v) is 4.15. The molecule has 142 valence electrons. The quantitative estimate of drug-likeness (QED) is 0.499. The fourth-order valence-electron chi connectivity index (χ4n) is 2.78. The van der Waals surface area contributed by atoms with Crippen LogP contribution in [-0.2, 0) is 30.0 Å². The molecule has 1 heterocycles. The van der Waals surface area contributed by atoms with Crippen LogP contribution in [0.4, 0.5) is 26.3 Å². The lowest BCUT2D eigenvalue weighted by atomic mass is 9.78. The van der Waals surface area contributed by atoms with Crippen molar-refractivity contribution in [1.82, 2.24) is 0 Å². The van der Waals surface area contributed by atoms with Gasteiger partial charge in [0.2, 0.25) is 0 Å².